The number of benzene rings is 2. The Labute approximate surface area is 177 Å². The third-order valence-corrected chi connectivity index (χ3v) is 7.62. The van der Waals surface area contributed by atoms with Crippen molar-refractivity contribution in [1.29, 1.82) is 0 Å². The van der Waals surface area contributed by atoms with E-state index in [0.717, 1.165) is 12.0 Å². The first-order valence-corrected chi connectivity index (χ1v) is 11.9. The molecule has 0 unspecified atom stereocenters. The van der Waals surface area contributed by atoms with E-state index in [1.54, 1.807) is 29.1 Å². The summed E-state index contributed by atoms with van der Waals surface area (Å²) in [4.78, 5) is 17.6. The fourth-order valence-electron chi connectivity index (χ4n) is 4.12. The van der Waals surface area contributed by atoms with Crippen LogP contribution in [0.5, 0.6) is 0 Å². The quantitative estimate of drug-likeness (QED) is 0.626. The topological polar surface area (TPSA) is 72.3 Å². The van der Waals surface area contributed by atoms with Crippen molar-refractivity contribution in [1.82, 2.24) is 13.9 Å². The minimum absolute atomic E-state index is 0.0468. The van der Waals surface area contributed by atoms with E-state index in [1.807, 2.05) is 30.3 Å². The molecule has 158 valence electrons. The molecule has 30 heavy (non-hydrogen) atoms. The fourth-order valence-corrected chi connectivity index (χ4v) is 5.59. The van der Waals surface area contributed by atoms with Crippen LogP contribution in [0.4, 0.5) is 0 Å². The van der Waals surface area contributed by atoms with E-state index in [-0.39, 0.29) is 11.6 Å². The molecule has 1 aliphatic rings. The number of sulfonamides is 1. The number of fused-ring (bicyclic) bond motifs is 1. The van der Waals surface area contributed by atoms with E-state index in [4.69, 9.17) is 0 Å². The molecule has 1 fully saturated rings. The second kappa shape index (κ2) is 8.32. The van der Waals surface area contributed by atoms with Gasteiger partial charge in [-0.25, -0.2) is 13.4 Å². The molecule has 0 atom stereocenters. The zero-order valence-electron chi connectivity index (χ0n) is 17.4. The standard InChI is InChI=1S/C23H27N3O3S/c1-17(2)15-18-7-9-20(10-8-18)30(28,29)25-13-11-19(12-14-25)26-16-24-22-6-4-3-5-21(22)23(26)27/h3-10,16-17,19H,11-15H2,1-2H3. The maximum Gasteiger partial charge on any atom is 0.261 e. The van der Waals surface area contributed by atoms with Crippen molar-refractivity contribution in [2.75, 3.05) is 13.1 Å². The van der Waals surface area contributed by atoms with Crippen LogP contribution in [0.2, 0.25) is 0 Å². The molecule has 0 aliphatic carbocycles. The van der Waals surface area contributed by atoms with Gasteiger partial charge in [0.1, 0.15) is 0 Å². The maximum atomic E-state index is 13.1. The summed E-state index contributed by atoms with van der Waals surface area (Å²) < 4.78 is 29.3. The van der Waals surface area contributed by atoms with Gasteiger partial charge < -0.3 is 0 Å². The van der Waals surface area contributed by atoms with Gasteiger partial charge >= 0.3 is 0 Å². The predicted octanol–water partition coefficient (Wildman–Crippen LogP) is 3.62. The van der Waals surface area contributed by atoms with Crippen LogP contribution in [0.25, 0.3) is 10.9 Å². The largest absolute Gasteiger partial charge is 0.296 e. The maximum absolute atomic E-state index is 13.1. The average molecular weight is 426 g/mol. The Kier molecular flexibility index (Phi) is 5.75. The summed E-state index contributed by atoms with van der Waals surface area (Å²) in [5.74, 6) is 0.527. The first-order chi connectivity index (χ1) is 14.4. The lowest BCUT2D eigenvalue weighted by molar-refractivity contribution is 0.269. The van der Waals surface area contributed by atoms with Crippen molar-refractivity contribution < 1.29 is 8.42 Å². The summed E-state index contributed by atoms with van der Waals surface area (Å²) in [6, 6.07) is 14.5. The lowest BCUT2D eigenvalue weighted by Gasteiger charge is -2.32. The Bertz CT molecular complexity index is 1190. The van der Waals surface area contributed by atoms with Crippen molar-refractivity contribution in [2.24, 2.45) is 5.92 Å². The van der Waals surface area contributed by atoms with Crippen LogP contribution < -0.4 is 5.56 Å². The van der Waals surface area contributed by atoms with Gasteiger partial charge in [0.25, 0.3) is 5.56 Å². The predicted molar refractivity (Wildman–Crippen MR) is 118 cm³/mol. The number of rotatable bonds is 5. The lowest BCUT2D eigenvalue weighted by Crippen LogP contribution is -2.40. The van der Waals surface area contributed by atoms with Gasteiger partial charge in [-0.1, -0.05) is 38.1 Å². The molecule has 1 aliphatic heterocycles. The van der Waals surface area contributed by atoms with Crippen molar-refractivity contribution in [2.45, 2.75) is 44.0 Å². The van der Waals surface area contributed by atoms with Gasteiger partial charge in [-0.2, -0.15) is 4.31 Å². The van der Waals surface area contributed by atoms with Gasteiger partial charge in [0.05, 0.1) is 22.1 Å². The molecule has 6 nitrogen and oxygen atoms in total. The van der Waals surface area contributed by atoms with Gasteiger partial charge in [-0.15, -0.1) is 0 Å². The molecule has 1 saturated heterocycles. The second-order valence-electron chi connectivity index (χ2n) is 8.35. The molecule has 7 heteroatoms. The minimum atomic E-state index is -3.53. The number of aromatic nitrogens is 2. The highest BCUT2D eigenvalue weighted by atomic mass is 32.2. The van der Waals surface area contributed by atoms with Gasteiger partial charge in [-0.3, -0.25) is 9.36 Å². The van der Waals surface area contributed by atoms with E-state index in [2.05, 4.69) is 18.8 Å². The SMILES string of the molecule is CC(C)Cc1ccc(S(=O)(=O)N2CCC(n3cnc4ccccc4c3=O)CC2)cc1. The van der Waals surface area contributed by atoms with Crippen molar-refractivity contribution >= 4 is 20.9 Å². The molecular formula is C23H27N3O3S. The fraction of sp³-hybridized carbons (Fsp3) is 0.391. The van der Waals surface area contributed by atoms with Crippen LogP contribution in [0.1, 0.15) is 38.3 Å². The molecule has 2 aromatic carbocycles. The molecule has 0 bridgehead atoms. The third-order valence-electron chi connectivity index (χ3n) is 5.71. The first kappa shape index (κ1) is 20.8. The number of nitrogens with zero attached hydrogens (tertiary/aromatic N) is 3. The number of hydrogen-bond acceptors (Lipinski definition) is 4. The summed E-state index contributed by atoms with van der Waals surface area (Å²) in [6.07, 6.45) is 3.70. The summed E-state index contributed by atoms with van der Waals surface area (Å²) in [6.45, 7) is 5.07. The Hall–Kier alpha value is -2.51. The Morgan fingerprint density at radius 2 is 1.70 bits per heavy atom. The highest BCUT2D eigenvalue weighted by Gasteiger charge is 2.30. The Morgan fingerprint density at radius 1 is 1.03 bits per heavy atom. The van der Waals surface area contributed by atoms with Crippen LogP contribution in [0, 0.1) is 5.92 Å². The first-order valence-electron chi connectivity index (χ1n) is 10.4. The molecule has 0 spiro atoms. The van der Waals surface area contributed by atoms with E-state index in [0.29, 0.717) is 47.6 Å². The summed E-state index contributed by atoms with van der Waals surface area (Å²) in [5.41, 5.74) is 1.76. The molecule has 0 radical (unpaired) electrons. The minimum Gasteiger partial charge on any atom is -0.296 e. The summed E-state index contributed by atoms with van der Waals surface area (Å²) >= 11 is 0. The molecule has 0 N–H and O–H groups in total. The van der Waals surface area contributed by atoms with Crippen LogP contribution in [-0.2, 0) is 16.4 Å². The van der Waals surface area contributed by atoms with Gasteiger partial charge in [0, 0.05) is 19.1 Å². The molecule has 0 amide bonds. The molecule has 1 aromatic heterocycles. The molecule has 4 rings (SSSR count). The lowest BCUT2D eigenvalue weighted by atomic mass is 10.0. The number of hydrogen-bond donors (Lipinski definition) is 0. The monoisotopic (exact) mass is 425 g/mol. The molecule has 0 saturated carbocycles. The number of para-hydroxylation sites is 1. The zero-order valence-corrected chi connectivity index (χ0v) is 18.2. The highest BCUT2D eigenvalue weighted by molar-refractivity contribution is 7.89. The van der Waals surface area contributed by atoms with Crippen LogP contribution >= 0.6 is 0 Å². The smallest absolute Gasteiger partial charge is 0.261 e. The number of piperidine rings is 1. The van der Waals surface area contributed by atoms with E-state index >= 15 is 0 Å². The molecule has 3 aromatic rings. The molecule has 2 heterocycles. The van der Waals surface area contributed by atoms with Gasteiger partial charge in [0.2, 0.25) is 10.0 Å². The summed E-state index contributed by atoms with van der Waals surface area (Å²) in [7, 11) is -3.53. The van der Waals surface area contributed by atoms with Gasteiger partial charge in [-0.05, 0) is 55.0 Å². The highest BCUT2D eigenvalue weighted by Crippen LogP contribution is 2.26. The van der Waals surface area contributed by atoms with E-state index in [9.17, 15) is 13.2 Å². The van der Waals surface area contributed by atoms with Gasteiger partial charge in [0.15, 0.2) is 0 Å². The van der Waals surface area contributed by atoms with Crippen LogP contribution in [0.15, 0.2) is 64.5 Å². The Balaban J connectivity index is 1.49. The second-order valence-corrected chi connectivity index (χ2v) is 10.3. The molecular weight excluding hydrogens is 398 g/mol. The van der Waals surface area contributed by atoms with Crippen molar-refractivity contribution in [3.63, 3.8) is 0 Å². The van der Waals surface area contributed by atoms with Crippen LogP contribution in [-0.4, -0.2) is 35.4 Å². The summed E-state index contributed by atoms with van der Waals surface area (Å²) in [5, 5.41) is 0.594. The van der Waals surface area contributed by atoms with Crippen molar-refractivity contribution in [3.05, 3.63) is 70.8 Å². The van der Waals surface area contributed by atoms with Crippen LogP contribution in [0.3, 0.4) is 0 Å². The zero-order chi connectivity index (χ0) is 21.3. The van der Waals surface area contributed by atoms with E-state index < -0.39 is 10.0 Å². The average Bonchev–Trinajstić information content (AvgIpc) is 2.74. The normalized spacial score (nSPS) is 16.4. The Morgan fingerprint density at radius 3 is 2.37 bits per heavy atom. The van der Waals surface area contributed by atoms with E-state index in [1.165, 1.54) is 4.31 Å². The van der Waals surface area contributed by atoms with Crippen molar-refractivity contribution in [3.8, 4) is 0 Å². The third kappa shape index (κ3) is 4.04.